The first-order valence-corrected chi connectivity index (χ1v) is 9.06. The van der Waals surface area contributed by atoms with Gasteiger partial charge >= 0.3 is 0 Å². The number of carbonyl (C=O) groups excluding carboxylic acids is 1. The smallest absolute Gasteiger partial charge is 0.269 e. The molecule has 0 spiro atoms. The van der Waals surface area contributed by atoms with Crippen LogP contribution < -0.4 is 10.9 Å². The molecule has 0 unspecified atom stereocenters. The molecule has 0 saturated heterocycles. The number of benzene rings is 2. The van der Waals surface area contributed by atoms with Gasteiger partial charge in [0, 0.05) is 29.4 Å². The molecule has 0 aliphatic rings. The fourth-order valence-electron chi connectivity index (χ4n) is 2.76. The number of nitro groups is 1. The van der Waals surface area contributed by atoms with Gasteiger partial charge in [0.15, 0.2) is 0 Å². The van der Waals surface area contributed by atoms with Crippen molar-refractivity contribution in [3.05, 3.63) is 86.7 Å². The highest BCUT2D eigenvalue weighted by molar-refractivity contribution is 5.90. The number of nitro benzene ring substituents is 1. The van der Waals surface area contributed by atoms with Crippen molar-refractivity contribution in [3.8, 4) is 11.3 Å². The fourth-order valence-corrected chi connectivity index (χ4v) is 2.76. The predicted octanol–water partition coefficient (Wildman–Crippen LogP) is 3.58. The lowest BCUT2D eigenvalue weighted by molar-refractivity contribution is -0.384. The van der Waals surface area contributed by atoms with E-state index in [4.69, 9.17) is 0 Å². The topological polar surface area (TPSA) is 107 Å². The molecule has 2 aromatic carbocycles. The summed E-state index contributed by atoms with van der Waals surface area (Å²) in [6, 6.07) is 16.2. The largest absolute Gasteiger partial charge is 0.324 e. The summed E-state index contributed by atoms with van der Waals surface area (Å²) in [5.41, 5.74) is 2.39. The van der Waals surface area contributed by atoms with E-state index < -0.39 is 10.5 Å². The Hall–Kier alpha value is -3.81. The molecule has 29 heavy (non-hydrogen) atoms. The van der Waals surface area contributed by atoms with Crippen LogP contribution in [0.1, 0.15) is 25.3 Å². The van der Waals surface area contributed by atoms with Gasteiger partial charge in [-0.05, 0) is 41.8 Å². The van der Waals surface area contributed by atoms with Gasteiger partial charge in [-0.2, -0.15) is 5.10 Å². The van der Waals surface area contributed by atoms with Crippen molar-refractivity contribution in [1.29, 1.82) is 0 Å². The Balaban J connectivity index is 1.75. The molecule has 8 nitrogen and oxygen atoms in total. The number of nitrogens with zero attached hydrogens (tertiary/aromatic N) is 3. The van der Waals surface area contributed by atoms with Crippen LogP contribution in [0, 0.1) is 10.1 Å². The molecule has 148 valence electrons. The third kappa shape index (κ3) is 4.92. The van der Waals surface area contributed by atoms with Gasteiger partial charge in [-0.15, -0.1) is 0 Å². The lowest BCUT2D eigenvalue weighted by Gasteiger charge is -2.10. The first-order chi connectivity index (χ1) is 13.8. The minimum absolute atomic E-state index is 0.0371. The van der Waals surface area contributed by atoms with Crippen LogP contribution in [0.5, 0.6) is 0 Å². The summed E-state index contributed by atoms with van der Waals surface area (Å²) in [6.07, 6.45) is 0. The van der Waals surface area contributed by atoms with Crippen LogP contribution in [0.2, 0.25) is 0 Å². The molecule has 0 bridgehead atoms. The molecule has 1 N–H and O–H groups in total. The second-order valence-corrected chi connectivity index (χ2v) is 6.84. The Labute approximate surface area is 167 Å². The molecule has 3 rings (SSSR count). The van der Waals surface area contributed by atoms with Crippen molar-refractivity contribution >= 4 is 17.3 Å². The van der Waals surface area contributed by atoms with Crippen LogP contribution in [0.25, 0.3) is 11.3 Å². The predicted molar refractivity (Wildman–Crippen MR) is 110 cm³/mol. The molecule has 0 atom stereocenters. The van der Waals surface area contributed by atoms with Crippen LogP contribution in [0.15, 0.2) is 65.5 Å². The maximum atomic E-state index is 12.3. The molecule has 8 heteroatoms. The minimum atomic E-state index is -0.490. The highest BCUT2D eigenvalue weighted by Crippen LogP contribution is 2.20. The molecule has 3 aromatic rings. The van der Waals surface area contributed by atoms with Crippen molar-refractivity contribution in [2.45, 2.75) is 26.3 Å². The zero-order chi connectivity index (χ0) is 21.0. The van der Waals surface area contributed by atoms with Crippen LogP contribution in [0.4, 0.5) is 11.4 Å². The SMILES string of the molecule is CC(C)c1ccc(NC(=O)Cn2nc(-c3ccc([N+](=O)[O-])cc3)ccc2=O)cc1. The molecule has 0 saturated carbocycles. The van der Waals surface area contributed by atoms with E-state index in [0.29, 0.717) is 22.9 Å². The number of aromatic nitrogens is 2. The van der Waals surface area contributed by atoms with Crippen LogP contribution in [0.3, 0.4) is 0 Å². The molecular formula is C21H20N4O4. The van der Waals surface area contributed by atoms with E-state index in [1.165, 1.54) is 24.3 Å². The lowest BCUT2D eigenvalue weighted by Crippen LogP contribution is -2.29. The summed E-state index contributed by atoms with van der Waals surface area (Å²) in [5.74, 6) is 0.0161. The third-order valence-electron chi connectivity index (χ3n) is 4.39. The van der Waals surface area contributed by atoms with Crippen molar-refractivity contribution < 1.29 is 9.72 Å². The van der Waals surface area contributed by atoms with Crippen LogP contribution >= 0.6 is 0 Å². The van der Waals surface area contributed by atoms with Gasteiger partial charge in [-0.25, -0.2) is 4.68 Å². The molecule has 0 aliphatic heterocycles. The summed E-state index contributed by atoms with van der Waals surface area (Å²) in [4.78, 5) is 34.7. The van der Waals surface area contributed by atoms with Gasteiger partial charge < -0.3 is 5.32 Å². The molecule has 0 fully saturated rings. The number of non-ortho nitro benzene ring substituents is 1. The highest BCUT2D eigenvalue weighted by Gasteiger charge is 2.10. The minimum Gasteiger partial charge on any atom is -0.324 e. The Morgan fingerprint density at radius 1 is 1.07 bits per heavy atom. The van der Waals surface area contributed by atoms with E-state index in [1.807, 2.05) is 24.3 Å². The number of anilines is 1. The van der Waals surface area contributed by atoms with Crippen molar-refractivity contribution in [1.82, 2.24) is 9.78 Å². The maximum absolute atomic E-state index is 12.3. The quantitative estimate of drug-likeness (QED) is 0.510. The summed E-state index contributed by atoms with van der Waals surface area (Å²) >= 11 is 0. The molecule has 1 heterocycles. The lowest BCUT2D eigenvalue weighted by atomic mass is 10.0. The molecular weight excluding hydrogens is 372 g/mol. The number of amides is 1. The van der Waals surface area contributed by atoms with E-state index in [2.05, 4.69) is 24.3 Å². The van der Waals surface area contributed by atoms with Gasteiger partial charge in [0.25, 0.3) is 11.2 Å². The first-order valence-electron chi connectivity index (χ1n) is 9.06. The standard InChI is InChI=1S/C21H20N4O4/c1-14(2)15-3-7-17(8-4-15)22-20(26)13-24-21(27)12-11-19(23-24)16-5-9-18(10-6-16)25(28)29/h3-12,14H,13H2,1-2H3,(H,22,26). The van der Waals surface area contributed by atoms with Crippen molar-refractivity contribution in [2.75, 3.05) is 5.32 Å². The summed E-state index contributed by atoms with van der Waals surface area (Å²) in [5, 5.41) is 17.7. The number of hydrogen-bond donors (Lipinski definition) is 1. The molecule has 1 amide bonds. The number of nitrogens with one attached hydrogen (secondary N) is 1. The average Bonchev–Trinajstić information content (AvgIpc) is 2.70. The maximum Gasteiger partial charge on any atom is 0.269 e. The van der Waals surface area contributed by atoms with Gasteiger partial charge in [0.1, 0.15) is 6.54 Å². The van der Waals surface area contributed by atoms with Crippen molar-refractivity contribution in [2.24, 2.45) is 0 Å². The summed E-state index contributed by atoms with van der Waals surface area (Å²) < 4.78 is 1.06. The Bertz CT molecular complexity index is 1090. The highest BCUT2D eigenvalue weighted by atomic mass is 16.6. The Morgan fingerprint density at radius 2 is 1.72 bits per heavy atom. The number of carbonyl (C=O) groups is 1. The van der Waals surface area contributed by atoms with E-state index in [-0.39, 0.29) is 18.1 Å². The Morgan fingerprint density at radius 3 is 2.31 bits per heavy atom. The second kappa shape index (κ2) is 8.47. The zero-order valence-electron chi connectivity index (χ0n) is 16.0. The average molecular weight is 392 g/mol. The van der Waals surface area contributed by atoms with Crippen LogP contribution in [-0.4, -0.2) is 20.6 Å². The van der Waals surface area contributed by atoms with E-state index in [1.54, 1.807) is 12.1 Å². The fraction of sp³-hybridized carbons (Fsp3) is 0.190. The van der Waals surface area contributed by atoms with E-state index >= 15 is 0 Å². The normalized spacial score (nSPS) is 10.7. The molecule has 1 aromatic heterocycles. The van der Waals surface area contributed by atoms with Gasteiger partial charge in [-0.3, -0.25) is 19.7 Å². The Kier molecular flexibility index (Phi) is 5.82. The monoisotopic (exact) mass is 392 g/mol. The number of rotatable bonds is 6. The molecule has 0 radical (unpaired) electrons. The van der Waals surface area contributed by atoms with E-state index in [9.17, 15) is 19.7 Å². The van der Waals surface area contributed by atoms with Gasteiger partial charge in [-0.1, -0.05) is 26.0 Å². The van der Waals surface area contributed by atoms with E-state index in [0.717, 1.165) is 10.2 Å². The van der Waals surface area contributed by atoms with Gasteiger partial charge in [0.2, 0.25) is 5.91 Å². The summed E-state index contributed by atoms with van der Waals surface area (Å²) in [7, 11) is 0. The van der Waals surface area contributed by atoms with Crippen LogP contribution in [-0.2, 0) is 11.3 Å². The number of hydrogen-bond acceptors (Lipinski definition) is 5. The third-order valence-corrected chi connectivity index (χ3v) is 4.39. The first kappa shape index (κ1) is 19.9. The van der Waals surface area contributed by atoms with Crippen molar-refractivity contribution in [3.63, 3.8) is 0 Å². The second-order valence-electron chi connectivity index (χ2n) is 6.84. The summed E-state index contributed by atoms with van der Waals surface area (Å²) in [6.45, 7) is 3.93. The molecule has 0 aliphatic carbocycles. The zero-order valence-corrected chi connectivity index (χ0v) is 16.0. The van der Waals surface area contributed by atoms with Gasteiger partial charge in [0.05, 0.1) is 10.6 Å².